The van der Waals surface area contributed by atoms with Crippen molar-refractivity contribution in [2.45, 2.75) is 32.6 Å². The normalized spacial score (nSPS) is 12.8. The van der Waals surface area contributed by atoms with Gasteiger partial charge in [-0.2, -0.15) is 0 Å². The number of aliphatic carboxylic acids is 1. The van der Waals surface area contributed by atoms with Crippen molar-refractivity contribution in [3.05, 3.63) is 53.1 Å². The number of hydrogen-bond acceptors (Lipinski definition) is 4. The third-order valence-corrected chi connectivity index (χ3v) is 4.50. The van der Waals surface area contributed by atoms with E-state index in [1.54, 1.807) is 18.2 Å². The molecule has 0 spiro atoms. The largest absolute Gasteiger partial charge is 0.490 e. The third kappa shape index (κ3) is 4.58. The topological polar surface area (TPSA) is 84.9 Å². The Hall–Kier alpha value is -3.02. The van der Waals surface area contributed by atoms with Gasteiger partial charge >= 0.3 is 5.97 Å². The molecule has 2 N–H and O–H groups in total. The average Bonchev–Trinajstić information content (AvgIpc) is 2.67. The molecule has 2 aromatic carbocycles. The van der Waals surface area contributed by atoms with Gasteiger partial charge in [0.25, 0.3) is 5.91 Å². The van der Waals surface area contributed by atoms with E-state index in [4.69, 9.17) is 14.6 Å². The number of hydrogen-bond donors (Lipinski definition) is 2. The molecule has 0 aromatic heterocycles. The van der Waals surface area contributed by atoms with Crippen LogP contribution in [0.5, 0.6) is 11.5 Å². The number of fused-ring (bicyclic) bond motifs is 1. The molecule has 0 heterocycles. The van der Waals surface area contributed by atoms with E-state index in [0.717, 1.165) is 24.9 Å². The molecule has 0 fully saturated rings. The summed E-state index contributed by atoms with van der Waals surface area (Å²) in [6, 6.07) is 10.7. The van der Waals surface area contributed by atoms with Crippen LogP contribution < -0.4 is 14.8 Å². The van der Waals surface area contributed by atoms with Crippen LogP contribution in [-0.2, 0) is 17.6 Å². The predicted molar refractivity (Wildman–Crippen MR) is 102 cm³/mol. The second-order valence-electron chi connectivity index (χ2n) is 6.38. The zero-order valence-corrected chi connectivity index (χ0v) is 15.3. The van der Waals surface area contributed by atoms with Gasteiger partial charge in [-0.25, -0.2) is 4.79 Å². The van der Waals surface area contributed by atoms with Crippen molar-refractivity contribution in [1.29, 1.82) is 0 Å². The summed E-state index contributed by atoms with van der Waals surface area (Å²) in [7, 11) is 0. The highest BCUT2D eigenvalue weighted by Gasteiger charge is 2.17. The van der Waals surface area contributed by atoms with Crippen molar-refractivity contribution in [2.75, 3.05) is 18.5 Å². The fourth-order valence-corrected chi connectivity index (χ4v) is 3.27. The molecule has 3 rings (SSSR count). The van der Waals surface area contributed by atoms with Crippen LogP contribution >= 0.6 is 0 Å². The van der Waals surface area contributed by atoms with Gasteiger partial charge in [0.1, 0.15) is 0 Å². The Morgan fingerprint density at radius 1 is 1.07 bits per heavy atom. The fourth-order valence-electron chi connectivity index (χ4n) is 3.27. The zero-order valence-electron chi connectivity index (χ0n) is 15.3. The molecule has 1 aliphatic rings. The first-order valence-corrected chi connectivity index (χ1v) is 9.12. The fraction of sp³-hybridized carbons (Fsp3) is 0.333. The molecule has 0 aliphatic heterocycles. The number of carboxylic acids is 1. The van der Waals surface area contributed by atoms with E-state index in [0.29, 0.717) is 23.7 Å². The van der Waals surface area contributed by atoms with Gasteiger partial charge in [0, 0.05) is 11.3 Å². The average molecular weight is 369 g/mol. The Morgan fingerprint density at radius 3 is 2.67 bits per heavy atom. The second kappa shape index (κ2) is 8.58. The highest BCUT2D eigenvalue weighted by molar-refractivity contribution is 6.05. The maximum Gasteiger partial charge on any atom is 0.341 e. The number of rotatable bonds is 7. The Bertz CT molecular complexity index is 846. The Morgan fingerprint density at radius 2 is 1.89 bits per heavy atom. The number of benzene rings is 2. The molecular formula is C21H23NO5. The number of nitrogens with one attached hydrogen (secondary N) is 1. The highest BCUT2D eigenvalue weighted by Crippen LogP contribution is 2.31. The Labute approximate surface area is 158 Å². The highest BCUT2D eigenvalue weighted by atomic mass is 16.5. The molecule has 1 aliphatic carbocycles. The minimum atomic E-state index is -1.08. The van der Waals surface area contributed by atoms with Crippen molar-refractivity contribution in [3.63, 3.8) is 0 Å². The zero-order chi connectivity index (χ0) is 19.2. The standard InChI is InChI=1S/C21H23NO5/c1-2-26-19-12-15(10-11-18(19)27-13-20(23)24)21(25)22-17-9-5-7-14-6-3-4-8-16(14)17/h5,7,9-12H,2-4,6,8,13H2,1H3,(H,22,25)(H,23,24). The van der Waals surface area contributed by atoms with E-state index in [1.165, 1.54) is 17.5 Å². The van der Waals surface area contributed by atoms with Crippen LogP contribution in [0.1, 0.15) is 41.3 Å². The maximum absolute atomic E-state index is 12.7. The summed E-state index contributed by atoms with van der Waals surface area (Å²) in [5.41, 5.74) is 3.78. The number of anilines is 1. The summed E-state index contributed by atoms with van der Waals surface area (Å²) < 4.78 is 10.7. The van der Waals surface area contributed by atoms with Gasteiger partial charge < -0.3 is 19.9 Å². The van der Waals surface area contributed by atoms with E-state index in [2.05, 4.69) is 11.4 Å². The van der Waals surface area contributed by atoms with Crippen LogP contribution in [0.2, 0.25) is 0 Å². The van der Waals surface area contributed by atoms with Crippen molar-refractivity contribution in [3.8, 4) is 11.5 Å². The van der Waals surface area contributed by atoms with Gasteiger partial charge in [-0.05, 0) is 68.0 Å². The minimum absolute atomic E-state index is 0.236. The summed E-state index contributed by atoms with van der Waals surface area (Å²) in [4.78, 5) is 23.4. The van der Waals surface area contributed by atoms with E-state index in [9.17, 15) is 9.59 Å². The molecule has 0 radical (unpaired) electrons. The quantitative estimate of drug-likeness (QED) is 0.778. The maximum atomic E-state index is 12.7. The van der Waals surface area contributed by atoms with E-state index >= 15 is 0 Å². The Kier molecular flexibility index (Phi) is 5.96. The Balaban J connectivity index is 1.80. The number of aryl methyl sites for hydroxylation is 1. The van der Waals surface area contributed by atoms with E-state index < -0.39 is 12.6 Å². The molecule has 0 unspecified atom stereocenters. The molecule has 142 valence electrons. The first-order valence-electron chi connectivity index (χ1n) is 9.12. The monoisotopic (exact) mass is 369 g/mol. The molecule has 0 bridgehead atoms. The predicted octanol–water partition coefficient (Wildman–Crippen LogP) is 3.68. The molecule has 0 saturated carbocycles. The molecule has 0 atom stereocenters. The van der Waals surface area contributed by atoms with Crippen LogP contribution in [0.25, 0.3) is 0 Å². The summed E-state index contributed by atoms with van der Waals surface area (Å²) in [6.45, 7) is 1.71. The van der Waals surface area contributed by atoms with Gasteiger partial charge in [-0.1, -0.05) is 12.1 Å². The number of amides is 1. The number of carbonyl (C=O) groups is 2. The third-order valence-electron chi connectivity index (χ3n) is 4.50. The first-order chi connectivity index (χ1) is 13.1. The molecule has 6 heteroatoms. The molecule has 27 heavy (non-hydrogen) atoms. The lowest BCUT2D eigenvalue weighted by molar-refractivity contribution is -0.139. The summed E-state index contributed by atoms with van der Waals surface area (Å²) in [5, 5.41) is 11.8. The second-order valence-corrected chi connectivity index (χ2v) is 6.38. The van der Waals surface area contributed by atoms with Crippen molar-refractivity contribution in [1.82, 2.24) is 0 Å². The lowest BCUT2D eigenvalue weighted by atomic mass is 9.90. The molecule has 2 aromatic rings. The molecule has 6 nitrogen and oxygen atoms in total. The van der Waals surface area contributed by atoms with Crippen molar-refractivity contribution < 1.29 is 24.2 Å². The SMILES string of the molecule is CCOc1cc(C(=O)Nc2cccc3c2CCCC3)ccc1OCC(=O)O. The summed E-state index contributed by atoms with van der Waals surface area (Å²) in [6.07, 6.45) is 4.32. The lowest BCUT2D eigenvalue weighted by Crippen LogP contribution is -2.16. The summed E-state index contributed by atoms with van der Waals surface area (Å²) >= 11 is 0. The number of carboxylic acid groups (broad SMARTS) is 1. The van der Waals surface area contributed by atoms with Crippen LogP contribution in [-0.4, -0.2) is 30.2 Å². The molecular weight excluding hydrogens is 346 g/mol. The van der Waals surface area contributed by atoms with Crippen LogP contribution in [0.15, 0.2) is 36.4 Å². The minimum Gasteiger partial charge on any atom is -0.490 e. The first kappa shape index (κ1) is 18.8. The molecule has 1 amide bonds. The summed E-state index contributed by atoms with van der Waals surface area (Å²) in [5.74, 6) is -0.665. The van der Waals surface area contributed by atoms with E-state index in [1.807, 2.05) is 19.1 Å². The van der Waals surface area contributed by atoms with Crippen LogP contribution in [0, 0.1) is 0 Å². The van der Waals surface area contributed by atoms with Gasteiger partial charge in [-0.15, -0.1) is 0 Å². The van der Waals surface area contributed by atoms with Gasteiger partial charge in [0.15, 0.2) is 18.1 Å². The molecule has 0 saturated heterocycles. The smallest absolute Gasteiger partial charge is 0.341 e. The van der Waals surface area contributed by atoms with E-state index in [-0.39, 0.29) is 5.91 Å². The van der Waals surface area contributed by atoms with Gasteiger partial charge in [0.2, 0.25) is 0 Å². The van der Waals surface area contributed by atoms with Gasteiger partial charge in [0.05, 0.1) is 6.61 Å². The van der Waals surface area contributed by atoms with Crippen LogP contribution in [0.3, 0.4) is 0 Å². The van der Waals surface area contributed by atoms with Crippen LogP contribution in [0.4, 0.5) is 5.69 Å². The lowest BCUT2D eigenvalue weighted by Gasteiger charge is -2.20. The van der Waals surface area contributed by atoms with Gasteiger partial charge in [-0.3, -0.25) is 4.79 Å². The number of carbonyl (C=O) groups excluding carboxylic acids is 1. The van der Waals surface area contributed by atoms with Crippen molar-refractivity contribution >= 4 is 17.6 Å². The van der Waals surface area contributed by atoms with Crippen molar-refractivity contribution in [2.24, 2.45) is 0 Å². The number of ether oxygens (including phenoxy) is 2.